The number of ether oxygens (including phenoxy) is 1. The van der Waals surface area contributed by atoms with Crippen molar-refractivity contribution in [2.24, 2.45) is 5.16 Å². The smallest absolute Gasteiger partial charge is 0.263 e. The summed E-state index contributed by atoms with van der Waals surface area (Å²) in [6, 6.07) is 9.12. The summed E-state index contributed by atoms with van der Waals surface area (Å²) in [6.07, 6.45) is 3.80. The lowest BCUT2D eigenvalue weighted by Crippen LogP contribution is -2.12. The summed E-state index contributed by atoms with van der Waals surface area (Å²) in [7, 11) is 1.48. The molecule has 0 aliphatic heterocycles. The van der Waals surface area contributed by atoms with Crippen LogP contribution in [0.5, 0.6) is 5.75 Å². The van der Waals surface area contributed by atoms with E-state index in [2.05, 4.69) is 29.9 Å². The molecule has 1 aromatic carbocycles. The Morgan fingerprint density at radius 3 is 3.04 bits per heavy atom. The van der Waals surface area contributed by atoms with Crippen LogP contribution in [0, 0.1) is 0 Å². The fraction of sp³-hybridized carbons (Fsp3) is 0.125. The van der Waals surface area contributed by atoms with Crippen LogP contribution in [0.4, 0.5) is 0 Å². The van der Waals surface area contributed by atoms with Gasteiger partial charge in [0.25, 0.3) is 5.89 Å². The lowest BCUT2D eigenvalue weighted by Gasteiger charge is -2.15. The number of fused-ring (bicyclic) bond motifs is 1. The number of oxime groups is 1. The summed E-state index contributed by atoms with van der Waals surface area (Å²) >= 11 is 1.29. The fourth-order valence-corrected chi connectivity index (χ4v) is 2.89. The molecule has 1 unspecified atom stereocenters. The molecule has 0 radical (unpaired) electrons. The average molecular weight is 368 g/mol. The maximum Gasteiger partial charge on any atom is 0.263 e. The Morgan fingerprint density at radius 1 is 1.23 bits per heavy atom. The zero-order valence-electron chi connectivity index (χ0n) is 13.5. The van der Waals surface area contributed by atoms with Gasteiger partial charge < -0.3 is 14.0 Å². The molecule has 3 aromatic heterocycles. The van der Waals surface area contributed by atoms with Crippen molar-refractivity contribution >= 4 is 28.0 Å². The van der Waals surface area contributed by atoms with Gasteiger partial charge in [-0.3, -0.25) is 4.98 Å². The van der Waals surface area contributed by atoms with Gasteiger partial charge in [-0.05, 0) is 41.4 Å². The molecule has 0 fully saturated rings. The number of pyridine rings is 1. The normalized spacial score (nSPS) is 12.5. The summed E-state index contributed by atoms with van der Waals surface area (Å²) in [5, 5.41) is 15.5. The van der Waals surface area contributed by atoms with E-state index in [9.17, 15) is 0 Å². The van der Waals surface area contributed by atoms with Crippen LogP contribution in [0.15, 0.2) is 52.5 Å². The first-order valence-corrected chi connectivity index (χ1v) is 8.28. The van der Waals surface area contributed by atoms with E-state index in [-0.39, 0.29) is 0 Å². The average Bonchev–Trinajstić information content (AvgIpc) is 3.36. The van der Waals surface area contributed by atoms with E-state index in [1.165, 1.54) is 25.0 Å². The molecule has 10 heteroatoms. The molecular weight excluding hydrogens is 356 g/mol. The van der Waals surface area contributed by atoms with Crippen molar-refractivity contribution in [3.63, 3.8) is 0 Å². The minimum atomic E-state index is -0.674. The number of aromatic nitrogens is 5. The molecule has 0 aliphatic carbocycles. The van der Waals surface area contributed by atoms with Crippen molar-refractivity contribution in [3.05, 3.63) is 60.1 Å². The molecular formula is C16H12N6O3S. The van der Waals surface area contributed by atoms with E-state index in [0.29, 0.717) is 17.3 Å². The van der Waals surface area contributed by atoms with E-state index >= 15 is 0 Å². The molecule has 4 rings (SSSR count). The number of hydrogen-bond donors (Lipinski definition) is 0. The monoisotopic (exact) mass is 368 g/mol. The molecule has 3 heterocycles. The van der Waals surface area contributed by atoms with Gasteiger partial charge in [-0.25, -0.2) is 0 Å². The van der Waals surface area contributed by atoms with Crippen LogP contribution >= 0.6 is 11.5 Å². The Bertz CT molecular complexity index is 1030. The molecule has 0 spiro atoms. The highest BCUT2D eigenvalue weighted by molar-refractivity contribution is 7.12. The number of benzene rings is 1. The van der Waals surface area contributed by atoms with Crippen molar-refractivity contribution in [3.8, 4) is 5.75 Å². The van der Waals surface area contributed by atoms with Crippen LogP contribution < -0.4 is 4.74 Å². The number of nitrogens with zero attached hydrogens (tertiary/aromatic N) is 6. The summed E-state index contributed by atoms with van der Waals surface area (Å²) < 4.78 is 16.3. The fourth-order valence-electron chi connectivity index (χ4n) is 2.30. The molecule has 0 saturated heterocycles. The predicted molar refractivity (Wildman–Crippen MR) is 93.0 cm³/mol. The summed E-state index contributed by atoms with van der Waals surface area (Å²) in [5.41, 5.74) is 2.21. The van der Waals surface area contributed by atoms with Gasteiger partial charge in [0.1, 0.15) is 18.4 Å². The first kappa shape index (κ1) is 16.1. The Morgan fingerprint density at radius 2 is 2.19 bits per heavy atom. The van der Waals surface area contributed by atoms with E-state index in [0.717, 1.165) is 15.8 Å². The standard InChI is InChI=1S/C16H12N6O3S/c1-23-19-8-10-4-5-17-13(6-10)15(16-21-18-9-24-16)25-11-2-3-12-14(7-11)26-22-20-12/h2-9,15H,1H3/b19-8+. The van der Waals surface area contributed by atoms with Crippen LogP contribution in [0.3, 0.4) is 0 Å². The third-order valence-corrected chi connectivity index (χ3v) is 4.14. The minimum absolute atomic E-state index is 0.292. The Balaban J connectivity index is 1.70. The molecule has 0 aliphatic rings. The van der Waals surface area contributed by atoms with Crippen molar-refractivity contribution in [1.29, 1.82) is 0 Å². The third-order valence-electron chi connectivity index (χ3n) is 3.46. The highest BCUT2D eigenvalue weighted by atomic mass is 32.1. The molecule has 0 bridgehead atoms. The van der Waals surface area contributed by atoms with Crippen LogP contribution in [0.2, 0.25) is 0 Å². The molecule has 0 amide bonds. The Kier molecular flexibility index (Phi) is 4.48. The first-order chi connectivity index (χ1) is 12.8. The lowest BCUT2D eigenvalue weighted by molar-refractivity contribution is 0.203. The highest BCUT2D eigenvalue weighted by Gasteiger charge is 2.23. The first-order valence-electron chi connectivity index (χ1n) is 7.51. The lowest BCUT2D eigenvalue weighted by atomic mass is 10.1. The molecule has 1 atom stereocenters. The van der Waals surface area contributed by atoms with Gasteiger partial charge in [0.15, 0.2) is 0 Å². The van der Waals surface area contributed by atoms with Crippen molar-refractivity contribution in [2.75, 3.05) is 7.11 Å². The number of hydrogen-bond acceptors (Lipinski definition) is 10. The van der Waals surface area contributed by atoms with Gasteiger partial charge in [-0.1, -0.05) is 9.64 Å². The Hall–Kier alpha value is -3.40. The van der Waals surface area contributed by atoms with Crippen LogP contribution in [0.1, 0.15) is 23.3 Å². The second kappa shape index (κ2) is 7.23. The summed E-state index contributed by atoms with van der Waals surface area (Å²) in [4.78, 5) is 9.09. The highest BCUT2D eigenvalue weighted by Crippen LogP contribution is 2.29. The second-order valence-electron chi connectivity index (χ2n) is 5.11. The number of rotatable bonds is 6. The maximum absolute atomic E-state index is 6.10. The van der Waals surface area contributed by atoms with Gasteiger partial charge in [-0.15, -0.1) is 15.3 Å². The van der Waals surface area contributed by atoms with Gasteiger partial charge in [-0.2, -0.15) is 0 Å². The second-order valence-corrected chi connectivity index (χ2v) is 5.89. The zero-order chi connectivity index (χ0) is 17.8. The van der Waals surface area contributed by atoms with Gasteiger partial charge in [0.2, 0.25) is 12.5 Å². The van der Waals surface area contributed by atoms with E-state index < -0.39 is 6.10 Å². The molecule has 9 nitrogen and oxygen atoms in total. The Labute approximate surface area is 151 Å². The van der Waals surface area contributed by atoms with Crippen LogP contribution in [-0.4, -0.2) is 38.1 Å². The zero-order valence-corrected chi connectivity index (χ0v) is 14.3. The molecule has 0 saturated carbocycles. The quantitative estimate of drug-likeness (QED) is 0.377. The third kappa shape index (κ3) is 3.35. The van der Waals surface area contributed by atoms with E-state index in [1.807, 2.05) is 24.3 Å². The summed E-state index contributed by atoms with van der Waals surface area (Å²) in [5.74, 6) is 0.908. The predicted octanol–water partition coefficient (Wildman–Crippen LogP) is 2.62. The topological polar surface area (TPSA) is 108 Å². The van der Waals surface area contributed by atoms with Gasteiger partial charge >= 0.3 is 0 Å². The van der Waals surface area contributed by atoms with Crippen LogP contribution in [-0.2, 0) is 4.84 Å². The molecule has 4 aromatic rings. The minimum Gasteiger partial charge on any atom is -0.474 e. The maximum atomic E-state index is 6.10. The van der Waals surface area contributed by atoms with Crippen molar-refractivity contribution < 1.29 is 14.0 Å². The molecule has 130 valence electrons. The molecule has 26 heavy (non-hydrogen) atoms. The van der Waals surface area contributed by atoms with Gasteiger partial charge in [0.05, 0.1) is 16.6 Å². The van der Waals surface area contributed by atoms with E-state index in [4.69, 9.17) is 14.0 Å². The molecule has 0 N–H and O–H groups in total. The van der Waals surface area contributed by atoms with Gasteiger partial charge in [0, 0.05) is 12.3 Å². The van der Waals surface area contributed by atoms with Crippen LogP contribution in [0.25, 0.3) is 10.2 Å². The van der Waals surface area contributed by atoms with Crippen molar-refractivity contribution in [2.45, 2.75) is 6.10 Å². The summed E-state index contributed by atoms with van der Waals surface area (Å²) in [6.45, 7) is 0. The SMILES string of the molecule is CO/N=C/c1ccnc(C(Oc2ccc3nnsc3c2)c2nnco2)c1. The van der Waals surface area contributed by atoms with Crippen molar-refractivity contribution in [1.82, 2.24) is 24.8 Å². The largest absolute Gasteiger partial charge is 0.474 e. The van der Waals surface area contributed by atoms with E-state index in [1.54, 1.807) is 18.5 Å².